The molecule has 3 N–H and O–H groups in total. The molecular weight excluding hydrogens is 308 g/mol. The Labute approximate surface area is 170 Å². The molecule has 0 fully saturated rings. The van der Waals surface area contributed by atoms with E-state index in [1.54, 1.807) is 0 Å². The Morgan fingerprint density at radius 2 is 1.42 bits per heavy atom. The van der Waals surface area contributed by atoms with Crippen LogP contribution in [0.15, 0.2) is 0 Å². The molecule has 0 spiro atoms. The predicted molar refractivity (Wildman–Crippen MR) is 44.8 cm³/mol. The second-order valence-electron chi connectivity index (χ2n) is 2.68. The normalized spacial score (nSPS) is 11.2. The van der Waals surface area contributed by atoms with Gasteiger partial charge in [-0.3, -0.25) is 4.79 Å². The van der Waals surface area contributed by atoms with Crippen molar-refractivity contribution in [1.82, 2.24) is 0 Å². The zero-order valence-electron chi connectivity index (χ0n) is 10.1. The van der Waals surface area contributed by atoms with Crippen molar-refractivity contribution in [3.8, 4) is 0 Å². The molecule has 0 radical (unpaired) electrons. The number of aliphatic carboxylic acids is 3. The maximum absolute atomic E-state index is 10.3. The zero-order valence-corrected chi connectivity index (χ0v) is 15.2. The minimum absolute atomic E-state index is 0. The van der Waals surface area contributed by atoms with Gasteiger partial charge in [0.2, 0.25) is 0 Å². The van der Waals surface area contributed by atoms with E-state index < -0.39 is 41.4 Å². The predicted octanol–water partition coefficient (Wildman–Crippen LogP) is -8.81. The molecule has 1 atom stereocenters. The fourth-order valence-corrected chi connectivity index (χ4v) is 0.703. The van der Waals surface area contributed by atoms with Gasteiger partial charge in [-0.25, -0.2) is 4.79 Å². The summed E-state index contributed by atoms with van der Waals surface area (Å²) in [5.74, 6) is -5.34. The van der Waals surface area contributed by atoms with Crippen molar-refractivity contribution in [2.45, 2.75) is 18.4 Å². The summed E-state index contributed by atoms with van der Waals surface area (Å²) in [5.41, 5.74) is -2.80. The quantitative estimate of drug-likeness (QED) is 0.248. The van der Waals surface area contributed by atoms with Crippen molar-refractivity contribution in [1.29, 1.82) is 0 Å². The van der Waals surface area contributed by atoms with Crippen LogP contribution in [-0.2, 0) is 14.4 Å². The van der Waals surface area contributed by atoms with Gasteiger partial charge in [0.1, 0.15) is 0 Å². The number of carboxylic acid groups (broad SMARTS) is 3. The van der Waals surface area contributed by atoms with Gasteiger partial charge in [-0.1, -0.05) is 0 Å². The largest absolute Gasteiger partial charge is 1.00 e. The Hall–Kier alpha value is 0.206. The first-order valence-corrected chi connectivity index (χ1v) is 3.70. The first kappa shape index (κ1) is 27.5. The van der Waals surface area contributed by atoms with Gasteiger partial charge in [-0.15, -0.1) is 0 Å². The van der Waals surface area contributed by atoms with E-state index in [1.165, 1.54) is 0 Å². The van der Waals surface area contributed by atoms with Crippen molar-refractivity contribution in [2.24, 2.45) is 0 Å². The monoisotopic (exact) mass is 315 g/mol. The van der Waals surface area contributed by atoms with Gasteiger partial charge in [-0.05, 0) is 0 Å². The average Bonchev–Trinajstić information content (AvgIpc) is 1.98. The summed E-state index contributed by atoms with van der Waals surface area (Å²) < 4.78 is 0. The second-order valence-corrected chi connectivity index (χ2v) is 2.68. The van der Waals surface area contributed by atoms with Gasteiger partial charge in [0.05, 0.1) is 11.5 Å². The Bertz CT molecular complexity index is 314. The molecule has 0 aliphatic carbocycles. The molecule has 0 aromatic heterocycles. The molecule has 0 bridgehead atoms. The molecule has 0 amide bonds. The number of hydrogen-bond acceptors (Lipinski definition) is 8. The van der Waals surface area contributed by atoms with E-state index in [9.17, 15) is 19.5 Å². The smallest absolute Gasteiger partial charge is 0.550 e. The molecule has 0 saturated carbocycles. The van der Waals surface area contributed by atoms with Crippen LogP contribution in [0.1, 0.15) is 12.8 Å². The Kier molecular flexibility index (Phi) is 19.1. The zero-order chi connectivity index (χ0) is 14.2. The van der Waals surface area contributed by atoms with Crippen LogP contribution < -0.4 is 86.0 Å². The maximum Gasteiger partial charge on any atom is 1.00 e. The van der Waals surface area contributed by atoms with Crippen LogP contribution in [0.4, 0.5) is 0 Å². The topological polar surface area (TPSA) is 201 Å². The van der Waals surface area contributed by atoms with E-state index in [0.29, 0.717) is 0 Å². The standard InChI is InChI=1S/C6H8O7.K.NO3.Na/c7-3(8)1-6(13,5(11)12)2-4(9)10;;2-1(3)4;/h13H,1-2H2,(H,7,8)(H,9,10)(H,11,12);;;/q;+1;-1;+1/p-1. The van der Waals surface area contributed by atoms with Crippen LogP contribution in [0.2, 0.25) is 0 Å². The van der Waals surface area contributed by atoms with Gasteiger partial charge in [0.25, 0.3) is 0 Å². The van der Waals surface area contributed by atoms with E-state index >= 15 is 0 Å². The SMILES string of the molecule is O=C([O-])CC(O)(CC(=O)O)C(=O)O.O=[N+]([O-])[O-].[K+].[Na+]. The van der Waals surface area contributed by atoms with Crippen LogP contribution in [0.3, 0.4) is 0 Å². The fourth-order valence-electron chi connectivity index (χ4n) is 0.703. The third kappa shape index (κ3) is 18.2. The molecule has 1 unspecified atom stereocenters. The van der Waals surface area contributed by atoms with E-state index in [1.807, 2.05) is 0 Å². The molecule has 13 heteroatoms. The number of carbonyl (C=O) groups excluding carboxylic acids is 1. The third-order valence-electron chi connectivity index (χ3n) is 1.28. The number of hydrogen-bond donors (Lipinski definition) is 3. The molecule has 0 aromatic carbocycles. The van der Waals surface area contributed by atoms with E-state index in [0.717, 1.165) is 0 Å². The summed E-state index contributed by atoms with van der Waals surface area (Å²) in [7, 11) is 0. The molecule has 0 heterocycles. The fraction of sp³-hybridized carbons (Fsp3) is 0.500. The molecule has 98 valence electrons. The molecule has 0 aromatic rings. The molecule has 19 heavy (non-hydrogen) atoms. The first-order valence-electron chi connectivity index (χ1n) is 3.70. The Balaban J connectivity index is -0.000000165. The van der Waals surface area contributed by atoms with Gasteiger partial charge in [-0.2, -0.15) is 0 Å². The van der Waals surface area contributed by atoms with Crippen molar-refractivity contribution in [3.63, 3.8) is 0 Å². The van der Waals surface area contributed by atoms with Crippen LogP contribution in [0.25, 0.3) is 0 Å². The molecule has 11 nitrogen and oxygen atoms in total. The number of carboxylic acids is 3. The summed E-state index contributed by atoms with van der Waals surface area (Å²) in [6.45, 7) is 0. The van der Waals surface area contributed by atoms with Crippen molar-refractivity contribution >= 4 is 17.9 Å². The van der Waals surface area contributed by atoms with Crippen molar-refractivity contribution < 1.29 is 121 Å². The number of rotatable bonds is 5. The Morgan fingerprint density at radius 3 is 1.58 bits per heavy atom. The van der Waals surface area contributed by atoms with Crippen LogP contribution >= 0.6 is 0 Å². The summed E-state index contributed by atoms with van der Waals surface area (Å²) in [4.78, 5) is 38.6. The molecule has 0 aliphatic heterocycles. The first-order chi connectivity index (χ1) is 7.51. The minimum atomic E-state index is -2.80. The average molecular weight is 315 g/mol. The summed E-state index contributed by atoms with van der Waals surface area (Å²) >= 11 is 0. The summed E-state index contributed by atoms with van der Waals surface area (Å²) in [5, 5.41) is 50.3. The van der Waals surface area contributed by atoms with Gasteiger partial charge in [0, 0.05) is 12.4 Å². The Morgan fingerprint density at radius 1 is 1.11 bits per heavy atom. The summed E-state index contributed by atoms with van der Waals surface area (Å²) in [6, 6.07) is 0. The van der Waals surface area contributed by atoms with E-state index in [-0.39, 0.29) is 80.9 Å². The maximum atomic E-state index is 10.3. The van der Waals surface area contributed by atoms with Crippen molar-refractivity contribution in [3.05, 3.63) is 15.3 Å². The van der Waals surface area contributed by atoms with Crippen molar-refractivity contribution in [2.75, 3.05) is 0 Å². The van der Waals surface area contributed by atoms with E-state index in [4.69, 9.17) is 30.6 Å². The number of carbonyl (C=O) groups is 3. The van der Waals surface area contributed by atoms with Gasteiger partial charge < -0.3 is 40.5 Å². The van der Waals surface area contributed by atoms with E-state index in [2.05, 4.69) is 0 Å². The molecule has 0 rings (SSSR count). The molecular formula is C6H7KNNaO10. The minimum Gasteiger partial charge on any atom is -0.550 e. The second kappa shape index (κ2) is 13.2. The summed E-state index contributed by atoms with van der Waals surface area (Å²) in [6.07, 6.45) is -2.44. The molecule has 0 saturated heterocycles. The van der Waals surface area contributed by atoms with Crippen LogP contribution in [0.5, 0.6) is 0 Å². The molecule has 0 aliphatic rings. The van der Waals surface area contributed by atoms with Crippen LogP contribution in [-0.4, -0.2) is 43.9 Å². The third-order valence-corrected chi connectivity index (χ3v) is 1.28. The van der Waals surface area contributed by atoms with Gasteiger partial charge in [0.15, 0.2) is 5.60 Å². The number of aliphatic hydroxyl groups is 1. The number of nitrogens with zero attached hydrogens (tertiary/aromatic N) is 1. The van der Waals surface area contributed by atoms with Crippen LogP contribution in [0, 0.1) is 15.3 Å². The van der Waals surface area contributed by atoms with Gasteiger partial charge >= 0.3 is 92.9 Å².